The average molecular weight is 335 g/mol. The third kappa shape index (κ3) is 3.13. The molecule has 6 heteroatoms. The molecule has 0 aromatic heterocycles. The summed E-state index contributed by atoms with van der Waals surface area (Å²) >= 11 is 0. The van der Waals surface area contributed by atoms with Crippen molar-refractivity contribution >= 4 is 0 Å². The van der Waals surface area contributed by atoms with Gasteiger partial charge in [0.05, 0.1) is 19.9 Å². The van der Waals surface area contributed by atoms with E-state index in [1.54, 1.807) is 0 Å². The number of nitrogens with one attached hydrogen (secondary N) is 1. The third-order valence-corrected chi connectivity index (χ3v) is 5.27. The van der Waals surface area contributed by atoms with Gasteiger partial charge in [-0.15, -0.1) is 0 Å². The summed E-state index contributed by atoms with van der Waals surface area (Å²) in [5.41, 5.74) is 2.78. The summed E-state index contributed by atoms with van der Waals surface area (Å²) in [6, 6.07) is 2.79. The van der Waals surface area contributed by atoms with Crippen molar-refractivity contribution in [3.8, 4) is 0 Å². The van der Waals surface area contributed by atoms with E-state index in [9.17, 15) is 8.78 Å². The zero-order valence-corrected chi connectivity index (χ0v) is 13.7. The van der Waals surface area contributed by atoms with Gasteiger partial charge in [0.25, 0.3) is 0 Å². The van der Waals surface area contributed by atoms with Crippen LogP contribution in [-0.4, -0.2) is 55.4 Å². The lowest BCUT2D eigenvalue weighted by molar-refractivity contribution is 0.0384. The Hall–Kier alpha value is -1.66. The van der Waals surface area contributed by atoms with Crippen molar-refractivity contribution in [1.82, 2.24) is 15.1 Å². The molecule has 2 heterocycles. The molecule has 1 N–H and O–H groups in total. The molecule has 0 unspecified atom stereocenters. The highest BCUT2D eigenvalue weighted by atomic mass is 19.1. The predicted octanol–water partition coefficient (Wildman–Crippen LogP) is 1.86. The first-order valence-electron chi connectivity index (χ1n) is 8.66. The molecule has 3 aliphatic rings. The van der Waals surface area contributed by atoms with Crippen molar-refractivity contribution in [2.24, 2.45) is 0 Å². The van der Waals surface area contributed by atoms with Crippen LogP contribution in [0.25, 0.3) is 0 Å². The molecular weight excluding hydrogens is 312 g/mol. The van der Waals surface area contributed by atoms with E-state index in [1.165, 1.54) is 11.8 Å². The number of halogens is 2. The molecule has 0 saturated carbocycles. The van der Waals surface area contributed by atoms with Crippen LogP contribution in [0.1, 0.15) is 17.5 Å². The molecular formula is C18H23F2N3O. The van der Waals surface area contributed by atoms with Crippen molar-refractivity contribution in [2.75, 3.05) is 39.5 Å². The fourth-order valence-corrected chi connectivity index (χ4v) is 3.99. The maximum absolute atomic E-state index is 13.9. The number of benzene rings is 1. The molecule has 1 aliphatic carbocycles. The molecule has 0 radical (unpaired) electrons. The number of nitrogens with zero attached hydrogens (tertiary/aromatic N) is 2. The van der Waals surface area contributed by atoms with E-state index in [-0.39, 0.29) is 0 Å². The summed E-state index contributed by atoms with van der Waals surface area (Å²) in [5, 5.41) is 3.31. The second kappa shape index (κ2) is 6.69. The second-order valence-corrected chi connectivity index (χ2v) is 6.78. The van der Waals surface area contributed by atoms with Crippen LogP contribution in [0.3, 0.4) is 0 Å². The van der Waals surface area contributed by atoms with Crippen LogP contribution in [0, 0.1) is 11.6 Å². The zero-order valence-electron chi connectivity index (χ0n) is 13.7. The normalized spacial score (nSPS) is 24.5. The smallest absolute Gasteiger partial charge is 0.129 e. The largest absolute Gasteiger partial charge is 0.379 e. The second-order valence-electron chi connectivity index (χ2n) is 6.78. The van der Waals surface area contributed by atoms with E-state index in [4.69, 9.17) is 4.74 Å². The van der Waals surface area contributed by atoms with Gasteiger partial charge >= 0.3 is 0 Å². The minimum Gasteiger partial charge on any atom is -0.379 e. The van der Waals surface area contributed by atoms with Gasteiger partial charge in [-0.1, -0.05) is 0 Å². The van der Waals surface area contributed by atoms with E-state index < -0.39 is 11.6 Å². The van der Waals surface area contributed by atoms with E-state index in [0.717, 1.165) is 57.6 Å². The molecule has 24 heavy (non-hydrogen) atoms. The van der Waals surface area contributed by atoms with Gasteiger partial charge in [0.2, 0.25) is 0 Å². The highest BCUT2D eigenvalue weighted by Gasteiger charge is 2.30. The number of fused-ring (bicyclic) bond motifs is 1. The Morgan fingerprint density at radius 2 is 2.04 bits per heavy atom. The van der Waals surface area contributed by atoms with Gasteiger partial charge in [0.1, 0.15) is 11.6 Å². The fraction of sp³-hybridized carbons (Fsp3) is 0.556. The number of rotatable bonds is 3. The molecule has 1 aromatic rings. The molecule has 0 spiro atoms. The first-order chi connectivity index (χ1) is 11.7. The molecule has 1 saturated heterocycles. The Morgan fingerprint density at radius 3 is 2.88 bits per heavy atom. The molecule has 0 amide bonds. The van der Waals surface area contributed by atoms with E-state index in [0.29, 0.717) is 24.4 Å². The minimum absolute atomic E-state index is 0.293. The van der Waals surface area contributed by atoms with Crippen molar-refractivity contribution in [3.63, 3.8) is 0 Å². The maximum Gasteiger partial charge on any atom is 0.129 e. The lowest BCUT2D eigenvalue weighted by atomic mass is 9.87. The van der Waals surface area contributed by atoms with Crippen molar-refractivity contribution in [2.45, 2.75) is 25.3 Å². The number of hydrogen-bond donors (Lipinski definition) is 1. The summed E-state index contributed by atoms with van der Waals surface area (Å²) in [5.74, 6) is -0.873. The Kier molecular flexibility index (Phi) is 4.41. The van der Waals surface area contributed by atoms with Crippen molar-refractivity contribution in [3.05, 3.63) is 46.8 Å². The van der Waals surface area contributed by atoms with Gasteiger partial charge < -0.3 is 15.0 Å². The van der Waals surface area contributed by atoms with E-state index in [1.807, 2.05) is 0 Å². The summed E-state index contributed by atoms with van der Waals surface area (Å²) < 4.78 is 32.9. The van der Waals surface area contributed by atoms with Crippen molar-refractivity contribution in [1.29, 1.82) is 0 Å². The maximum atomic E-state index is 13.9. The molecule has 1 atom stereocenters. The standard InChI is InChI=1S/C18H23F2N3O/c19-14-7-13-8-15(1-2-17(13)18(20)9-14)23-12-21-10-16(23)11-22-3-5-24-6-4-22/h7,9-10,15,21H,1-6,8,11-12H2/t15-/m0/s1. The Bertz CT molecular complexity index is 643. The quantitative estimate of drug-likeness (QED) is 0.913. The molecule has 2 aliphatic heterocycles. The SMILES string of the molecule is Fc1cc(F)c2c(c1)C[C@@H](N1CNC=C1CN1CCOCC1)CC2. The number of morpholine rings is 1. The van der Waals surface area contributed by atoms with Gasteiger partial charge in [0, 0.05) is 43.6 Å². The molecule has 4 nitrogen and oxygen atoms in total. The Morgan fingerprint density at radius 1 is 1.21 bits per heavy atom. The predicted molar refractivity (Wildman–Crippen MR) is 87.4 cm³/mol. The first-order valence-corrected chi connectivity index (χ1v) is 8.66. The van der Waals surface area contributed by atoms with Crippen LogP contribution in [0.4, 0.5) is 8.78 Å². The van der Waals surface area contributed by atoms with E-state index in [2.05, 4.69) is 21.3 Å². The topological polar surface area (TPSA) is 27.7 Å². The minimum atomic E-state index is -0.476. The van der Waals surface area contributed by atoms with Gasteiger partial charge in [-0.05, 0) is 36.5 Å². The van der Waals surface area contributed by atoms with Crippen LogP contribution in [0.2, 0.25) is 0 Å². The molecule has 4 rings (SSSR count). The van der Waals surface area contributed by atoms with Gasteiger partial charge in [0.15, 0.2) is 0 Å². The fourth-order valence-electron chi connectivity index (χ4n) is 3.99. The van der Waals surface area contributed by atoms with Gasteiger partial charge in [-0.25, -0.2) is 8.78 Å². The van der Waals surface area contributed by atoms with E-state index >= 15 is 0 Å². The lowest BCUT2D eigenvalue weighted by Crippen LogP contribution is -2.44. The van der Waals surface area contributed by atoms with Crippen molar-refractivity contribution < 1.29 is 13.5 Å². The number of hydrogen-bond acceptors (Lipinski definition) is 4. The molecule has 0 bridgehead atoms. The highest BCUT2D eigenvalue weighted by molar-refractivity contribution is 5.33. The van der Waals surface area contributed by atoms with Gasteiger partial charge in [-0.2, -0.15) is 0 Å². The summed E-state index contributed by atoms with van der Waals surface area (Å²) in [6.07, 6.45) is 4.36. The molecule has 1 fully saturated rings. The summed E-state index contributed by atoms with van der Waals surface area (Å²) in [6.45, 7) is 5.16. The highest BCUT2D eigenvalue weighted by Crippen LogP contribution is 2.30. The Labute approximate surface area is 141 Å². The monoisotopic (exact) mass is 335 g/mol. The molecule has 1 aromatic carbocycles. The van der Waals surface area contributed by atoms with Crippen LogP contribution in [0.15, 0.2) is 24.0 Å². The van der Waals surface area contributed by atoms with Crippen LogP contribution >= 0.6 is 0 Å². The third-order valence-electron chi connectivity index (χ3n) is 5.27. The zero-order chi connectivity index (χ0) is 16.5. The van der Waals surface area contributed by atoms with Crippen LogP contribution in [0.5, 0.6) is 0 Å². The van der Waals surface area contributed by atoms with Gasteiger partial charge in [-0.3, -0.25) is 4.90 Å². The first kappa shape index (κ1) is 15.8. The Balaban J connectivity index is 1.46. The van der Waals surface area contributed by atoms with Crippen LogP contribution in [-0.2, 0) is 17.6 Å². The van der Waals surface area contributed by atoms with Crippen LogP contribution < -0.4 is 5.32 Å². The lowest BCUT2D eigenvalue weighted by Gasteiger charge is -2.37. The molecule has 130 valence electrons. The summed E-state index contributed by atoms with van der Waals surface area (Å²) in [7, 11) is 0. The average Bonchev–Trinajstić information content (AvgIpc) is 3.03. The number of ether oxygens (including phenoxy) is 1. The summed E-state index contributed by atoms with van der Waals surface area (Å²) in [4.78, 5) is 4.76.